The number of furan rings is 1. The monoisotopic (exact) mass is 545 g/mol. The summed E-state index contributed by atoms with van der Waals surface area (Å²) >= 11 is 0. The van der Waals surface area contributed by atoms with E-state index in [-0.39, 0.29) is 41.2 Å². The van der Waals surface area contributed by atoms with Crippen molar-refractivity contribution < 1.29 is 23.5 Å². The highest BCUT2D eigenvalue weighted by atomic mass is 19.1. The quantitative estimate of drug-likeness (QED) is 0.262. The van der Waals surface area contributed by atoms with Gasteiger partial charge in [-0.25, -0.2) is 4.39 Å². The number of halogens is 1. The minimum Gasteiger partial charge on any atom is -0.481 e. The third-order valence-corrected chi connectivity index (χ3v) is 7.03. The van der Waals surface area contributed by atoms with E-state index in [2.05, 4.69) is 10.6 Å². The molecule has 0 fully saturated rings. The van der Waals surface area contributed by atoms with E-state index in [4.69, 9.17) is 4.42 Å². The molecule has 4 aromatic rings. The van der Waals surface area contributed by atoms with Crippen LogP contribution in [-0.4, -0.2) is 17.0 Å². The van der Waals surface area contributed by atoms with Gasteiger partial charge in [-0.15, -0.1) is 0 Å². The van der Waals surface area contributed by atoms with Gasteiger partial charge in [-0.3, -0.25) is 19.2 Å². The molecule has 0 bridgehead atoms. The van der Waals surface area contributed by atoms with E-state index in [1.54, 1.807) is 30.3 Å². The van der Waals surface area contributed by atoms with E-state index >= 15 is 0 Å². The maximum atomic E-state index is 14.9. The number of carboxylic acids is 1. The van der Waals surface area contributed by atoms with Gasteiger partial charge in [0.05, 0.1) is 30.3 Å². The van der Waals surface area contributed by atoms with Crippen LogP contribution in [0.1, 0.15) is 59.8 Å². The summed E-state index contributed by atoms with van der Waals surface area (Å²) < 4.78 is 20.7. The Kier molecular flexibility index (Phi) is 6.57. The van der Waals surface area contributed by atoms with Crippen LogP contribution >= 0.6 is 0 Å². The van der Waals surface area contributed by atoms with E-state index in [0.717, 1.165) is 0 Å². The second kappa shape index (κ2) is 9.78. The molecule has 40 heavy (non-hydrogen) atoms. The summed E-state index contributed by atoms with van der Waals surface area (Å²) in [6.07, 6.45) is -0.313. The Labute approximate surface area is 228 Å². The van der Waals surface area contributed by atoms with Crippen LogP contribution in [0.25, 0.3) is 0 Å². The van der Waals surface area contributed by atoms with Gasteiger partial charge >= 0.3 is 5.97 Å². The summed E-state index contributed by atoms with van der Waals surface area (Å²) in [6, 6.07) is 12.2. The molecular weight excluding hydrogens is 517 g/mol. The Bertz CT molecular complexity index is 1720. The Balaban J connectivity index is 1.50. The predicted molar refractivity (Wildman–Crippen MR) is 149 cm³/mol. The number of carbonyl (C=O) groups is 2. The molecule has 0 unspecified atom stereocenters. The van der Waals surface area contributed by atoms with Crippen molar-refractivity contribution >= 4 is 34.6 Å². The number of para-hydroxylation sites is 1. The zero-order valence-electron chi connectivity index (χ0n) is 22.4. The highest BCUT2D eigenvalue weighted by molar-refractivity contribution is 6.14. The van der Waals surface area contributed by atoms with Gasteiger partial charge in [-0.1, -0.05) is 39.0 Å². The molecule has 0 saturated carbocycles. The number of carbonyl (C=O) groups excluding carboxylic acids is 1. The molecule has 0 spiro atoms. The fourth-order valence-corrected chi connectivity index (χ4v) is 5.02. The predicted octanol–water partition coefficient (Wildman–Crippen LogP) is 5.05. The summed E-state index contributed by atoms with van der Waals surface area (Å²) in [6.45, 7) is 7.58. The number of aliphatic carboxylic acids is 1. The molecule has 1 aliphatic heterocycles. The second-order valence-electron chi connectivity index (χ2n) is 11.0. The Morgan fingerprint density at radius 3 is 2.40 bits per heavy atom. The highest BCUT2D eigenvalue weighted by Crippen LogP contribution is 2.40. The maximum Gasteiger partial charge on any atom is 0.307 e. The molecule has 2 heterocycles. The lowest BCUT2D eigenvalue weighted by molar-refractivity contribution is -0.136. The van der Waals surface area contributed by atoms with Crippen molar-refractivity contribution in [3.63, 3.8) is 0 Å². The van der Waals surface area contributed by atoms with Crippen molar-refractivity contribution in [2.24, 2.45) is 5.41 Å². The normalized spacial score (nSPS) is 13.9. The molecule has 3 N–H and O–H groups in total. The van der Waals surface area contributed by atoms with Gasteiger partial charge in [-0.2, -0.15) is 0 Å². The number of benzene rings is 2. The maximum absolute atomic E-state index is 14.9. The summed E-state index contributed by atoms with van der Waals surface area (Å²) in [4.78, 5) is 51.6. The average molecular weight is 546 g/mol. The van der Waals surface area contributed by atoms with Crippen molar-refractivity contribution in [3.8, 4) is 0 Å². The van der Waals surface area contributed by atoms with Gasteiger partial charge in [0.15, 0.2) is 0 Å². The van der Waals surface area contributed by atoms with Crippen LogP contribution < -0.4 is 26.4 Å². The Hall–Kier alpha value is -4.73. The molecule has 1 aliphatic rings. The number of hydrogen-bond donors (Lipinski definition) is 3. The molecule has 0 aliphatic carbocycles. The van der Waals surface area contributed by atoms with Crippen molar-refractivity contribution in [1.82, 2.24) is 0 Å². The Morgan fingerprint density at radius 2 is 1.75 bits per heavy atom. The van der Waals surface area contributed by atoms with E-state index in [9.17, 15) is 28.7 Å². The van der Waals surface area contributed by atoms with Crippen LogP contribution in [0.15, 0.2) is 62.5 Å². The first-order chi connectivity index (χ1) is 18.9. The minimum atomic E-state index is -1.07. The first-order valence-electron chi connectivity index (χ1n) is 12.7. The number of rotatable bonds is 8. The largest absolute Gasteiger partial charge is 0.481 e. The fraction of sp³-hybridized carbons (Fsp3) is 0.267. The summed E-state index contributed by atoms with van der Waals surface area (Å²) in [5.74, 6) is -0.941. The van der Waals surface area contributed by atoms with E-state index in [1.165, 1.54) is 17.0 Å². The van der Waals surface area contributed by atoms with Gasteiger partial charge in [0, 0.05) is 11.3 Å². The SMILES string of the molecule is Cc1ccc([C@H](Nc2c(Nc3ccc(F)c4c3C(=O)N(c3ccccc3CC(=O)O)C4)c(=O)c2=O)C(C)(C)C)o1. The number of fused-ring (bicyclic) bond motifs is 1. The van der Waals surface area contributed by atoms with Crippen LogP contribution in [0.4, 0.5) is 27.1 Å². The standard InChI is InChI=1S/C30H28FN3O6/c1-15-9-12-21(40-15)28(30(2,3)4)33-25-24(26(37)27(25)38)32-19-11-10-18(31)17-14-34(29(39)23(17)19)20-8-6-5-7-16(20)13-22(35)36/h5-12,28,32-33H,13-14H2,1-4H3,(H,35,36)/t28-/m0/s1. The molecule has 206 valence electrons. The minimum absolute atomic E-state index is 0.0122. The lowest BCUT2D eigenvalue weighted by atomic mass is 9.85. The van der Waals surface area contributed by atoms with Crippen molar-refractivity contribution in [3.05, 3.63) is 103 Å². The average Bonchev–Trinajstić information content (AvgIpc) is 3.47. The molecule has 5 rings (SSSR count). The van der Waals surface area contributed by atoms with Gasteiger partial charge in [0.25, 0.3) is 16.8 Å². The van der Waals surface area contributed by atoms with Crippen LogP contribution in [0.2, 0.25) is 0 Å². The zero-order chi connectivity index (χ0) is 28.9. The lowest BCUT2D eigenvalue weighted by Crippen LogP contribution is -2.39. The number of anilines is 4. The molecule has 1 atom stereocenters. The van der Waals surface area contributed by atoms with Gasteiger partial charge in [0.1, 0.15) is 28.7 Å². The molecule has 1 amide bonds. The van der Waals surface area contributed by atoms with Gasteiger partial charge < -0.3 is 25.1 Å². The zero-order valence-corrected chi connectivity index (χ0v) is 22.4. The number of carboxylic acid groups (broad SMARTS) is 1. The first kappa shape index (κ1) is 26.9. The number of hydrogen-bond acceptors (Lipinski definition) is 7. The summed E-state index contributed by atoms with van der Waals surface area (Å²) in [7, 11) is 0. The van der Waals surface area contributed by atoms with Crippen LogP contribution in [0, 0.1) is 18.2 Å². The third kappa shape index (κ3) is 4.66. The van der Waals surface area contributed by atoms with Crippen LogP contribution in [-0.2, 0) is 17.8 Å². The number of nitrogens with zero attached hydrogens (tertiary/aromatic N) is 1. The molecule has 0 radical (unpaired) electrons. The molecule has 10 heteroatoms. The lowest BCUT2D eigenvalue weighted by Gasteiger charge is -2.31. The number of nitrogens with one attached hydrogen (secondary N) is 2. The van der Waals surface area contributed by atoms with Crippen molar-refractivity contribution in [2.75, 3.05) is 15.5 Å². The second-order valence-corrected chi connectivity index (χ2v) is 11.0. The van der Waals surface area contributed by atoms with Gasteiger partial charge in [0.2, 0.25) is 0 Å². The van der Waals surface area contributed by atoms with Crippen molar-refractivity contribution in [2.45, 2.75) is 46.7 Å². The van der Waals surface area contributed by atoms with E-state index in [0.29, 0.717) is 22.8 Å². The molecule has 9 nitrogen and oxygen atoms in total. The third-order valence-electron chi connectivity index (χ3n) is 7.03. The first-order valence-corrected chi connectivity index (χ1v) is 12.7. The van der Waals surface area contributed by atoms with E-state index in [1.807, 2.05) is 33.8 Å². The summed E-state index contributed by atoms with van der Waals surface area (Å²) in [5.41, 5.74) is -0.831. The van der Waals surface area contributed by atoms with Gasteiger partial charge in [-0.05, 0) is 48.2 Å². The topological polar surface area (TPSA) is 129 Å². The molecule has 1 aromatic heterocycles. The Morgan fingerprint density at radius 1 is 1.05 bits per heavy atom. The van der Waals surface area contributed by atoms with Crippen LogP contribution in [0.5, 0.6) is 0 Å². The molecule has 3 aromatic carbocycles. The molecular formula is C30H28FN3O6. The fourth-order valence-electron chi connectivity index (χ4n) is 5.02. The van der Waals surface area contributed by atoms with Crippen LogP contribution in [0.3, 0.4) is 0 Å². The summed E-state index contributed by atoms with van der Waals surface area (Å²) in [5, 5.41) is 15.4. The van der Waals surface area contributed by atoms with Crippen molar-refractivity contribution in [1.29, 1.82) is 0 Å². The smallest absolute Gasteiger partial charge is 0.307 e. The van der Waals surface area contributed by atoms with E-state index < -0.39 is 40.0 Å². The number of amides is 1. The highest BCUT2D eigenvalue weighted by Gasteiger charge is 2.37. The number of aryl methyl sites for hydroxylation is 1. The molecule has 0 saturated heterocycles.